The molecule has 2 rings (SSSR count). The van der Waals surface area contributed by atoms with E-state index in [0.717, 1.165) is 5.56 Å². The highest BCUT2D eigenvalue weighted by Gasteiger charge is 2.17. The molecule has 0 bridgehead atoms. The summed E-state index contributed by atoms with van der Waals surface area (Å²) in [5.41, 5.74) is 1.14. The van der Waals surface area contributed by atoms with Crippen molar-refractivity contribution in [3.05, 3.63) is 47.8 Å². The number of aryl methyl sites for hydroxylation is 1. The normalized spacial score (nSPS) is 10.4. The van der Waals surface area contributed by atoms with Gasteiger partial charge in [0.15, 0.2) is 0 Å². The van der Waals surface area contributed by atoms with Gasteiger partial charge < -0.3 is 10.0 Å². The molecular formula is C14H17N3O2. The minimum absolute atomic E-state index is 0.0240. The molecule has 100 valence electrons. The Balaban J connectivity index is 2.06. The van der Waals surface area contributed by atoms with E-state index in [1.807, 2.05) is 25.3 Å². The molecule has 5 heteroatoms. The molecule has 2 aromatic rings. The molecule has 0 fully saturated rings. The van der Waals surface area contributed by atoms with Gasteiger partial charge in [0.25, 0.3) is 5.91 Å². The molecular weight excluding hydrogens is 242 g/mol. The van der Waals surface area contributed by atoms with Gasteiger partial charge in [-0.3, -0.25) is 9.48 Å². The highest BCUT2D eigenvalue weighted by atomic mass is 16.3. The van der Waals surface area contributed by atoms with Crippen molar-refractivity contribution in [2.24, 2.45) is 0 Å². The average Bonchev–Trinajstić information content (AvgIpc) is 2.88. The predicted molar refractivity (Wildman–Crippen MR) is 72.0 cm³/mol. The zero-order valence-corrected chi connectivity index (χ0v) is 11.1. The quantitative estimate of drug-likeness (QED) is 0.908. The number of phenols is 1. The number of rotatable bonds is 4. The van der Waals surface area contributed by atoms with Gasteiger partial charge in [-0.25, -0.2) is 0 Å². The van der Waals surface area contributed by atoms with Crippen LogP contribution in [0, 0.1) is 6.92 Å². The number of carbonyl (C=O) groups is 1. The van der Waals surface area contributed by atoms with E-state index < -0.39 is 0 Å². The van der Waals surface area contributed by atoms with Crippen LogP contribution in [0.1, 0.15) is 15.9 Å². The Morgan fingerprint density at radius 1 is 1.42 bits per heavy atom. The van der Waals surface area contributed by atoms with Crippen LogP contribution in [0.4, 0.5) is 0 Å². The summed E-state index contributed by atoms with van der Waals surface area (Å²) < 4.78 is 1.77. The summed E-state index contributed by atoms with van der Waals surface area (Å²) in [6, 6.07) is 6.91. The summed E-state index contributed by atoms with van der Waals surface area (Å²) in [5, 5.41) is 13.9. The number of aromatic nitrogens is 2. The maximum absolute atomic E-state index is 12.3. The third-order valence-corrected chi connectivity index (χ3v) is 3.04. The highest BCUT2D eigenvalue weighted by molar-refractivity contribution is 5.98. The molecule has 1 aromatic heterocycles. The minimum atomic E-state index is -0.178. The van der Waals surface area contributed by atoms with E-state index in [1.54, 1.807) is 28.9 Å². The second kappa shape index (κ2) is 5.56. The van der Waals surface area contributed by atoms with Crippen molar-refractivity contribution < 1.29 is 9.90 Å². The van der Waals surface area contributed by atoms with Crippen molar-refractivity contribution in [2.45, 2.75) is 13.5 Å². The molecule has 0 radical (unpaired) electrons. The lowest BCUT2D eigenvalue weighted by atomic mass is 10.1. The number of carbonyl (C=O) groups excluding carboxylic acids is 1. The molecule has 0 saturated heterocycles. The van der Waals surface area contributed by atoms with Crippen LogP contribution >= 0.6 is 0 Å². The van der Waals surface area contributed by atoms with Crippen molar-refractivity contribution in [3.8, 4) is 5.75 Å². The highest BCUT2D eigenvalue weighted by Crippen LogP contribution is 2.21. The van der Waals surface area contributed by atoms with E-state index in [1.165, 1.54) is 6.07 Å². The number of amides is 1. The van der Waals surface area contributed by atoms with Gasteiger partial charge in [0, 0.05) is 26.0 Å². The van der Waals surface area contributed by atoms with Gasteiger partial charge in [-0.05, 0) is 24.6 Å². The number of phenolic OH excluding ortho intramolecular Hbond substituents is 1. The largest absolute Gasteiger partial charge is 0.507 e. The Morgan fingerprint density at radius 2 is 2.21 bits per heavy atom. The van der Waals surface area contributed by atoms with Gasteiger partial charge in [0.1, 0.15) is 5.75 Å². The molecule has 0 aliphatic rings. The van der Waals surface area contributed by atoms with Crippen LogP contribution in [0.25, 0.3) is 0 Å². The summed E-state index contributed by atoms with van der Waals surface area (Å²) in [6.45, 7) is 2.98. The molecule has 1 amide bonds. The number of hydrogen-bond acceptors (Lipinski definition) is 3. The van der Waals surface area contributed by atoms with Crippen molar-refractivity contribution >= 4 is 5.91 Å². The zero-order chi connectivity index (χ0) is 13.8. The van der Waals surface area contributed by atoms with E-state index in [9.17, 15) is 9.90 Å². The molecule has 0 spiro atoms. The van der Waals surface area contributed by atoms with E-state index in [2.05, 4.69) is 5.10 Å². The topological polar surface area (TPSA) is 58.4 Å². The molecule has 19 heavy (non-hydrogen) atoms. The van der Waals surface area contributed by atoms with Gasteiger partial charge in [-0.2, -0.15) is 5.10 Å². The lowest BCUT2D eigenvalue weighted by Crippen LogP contribution is -2.30. The van der Waals surface area contributed by atoms with E-state index in [0.29, 0.717) is 18.7 Å². The lowest BCUT2D eigenvalue weighted by Gasteiger charge is -2.19. The zero-order valence-electron chi connectivity index (χ0n) is 11.1. The summed E-state index contributed by atoms with van der Waals surface area (Å²) in [7, 11) is 1.72. The Hall–Kier alpha value is -2.30. The van der Waals surface area contributed by atoms with Gasteiger partial charge in [0.2, 0.25) is 0 Å². The Labute approximate surface area is 112 Å². The lowest BCUT2D eigenvalue weighted by molar-refractivity contribution is 0.0785. The van der Waals surface area contributed by atoms with Crippen LogP contribution in [0.2, 0.25) is 0 Å². The van der Waals surface area contributed by atoms with Crippen LogP contribution in [-0.2, 0) is 6.54 Å². The van der Waals surface area contributed by atoms with Crippen LogP contribution in [0.5, 0.6) is 5.75 Å². The first-order valence-electron chi connectivity index (χ1n) is 6.11. The molecule has 0 unspecified atom stereocenters. The molecule has 0 atom stereocenters. The Morgan fingerprint density at radius 3 is 2.84 bits per heavy atom. The van der Waals surface area contributed by atoms with Gasteiger partial charge in [-0.15, -0.1) is 0 Å². The smallest absolute Gasteiger partial charge is 0.257 e. The summed E-state index contributed by atoms with van der Waals surface area (Å²) in [5.74, 6) is -0.154. The molecule has 5 nitrogen and oxygen atoms in total. The van der Waals surface area contributed by atoms with Crippen molar-refractivity contribution in [3.63, 3.8) is 0 Å². The van der Waals surface area contributed by atoms with Crippen LogP contribution in [-0.4, -0.2) is 39.3 Å². The molecule has 0 aliphatic carbocycles. The van der Waals surface area contributed by atoms with Gasteiger partial charge in [0.05, 0.1) is 12.1 Å². The third-order valence-electron chi connectivity index (χ3n) is 3.04. The number of benzene rings is 1. The third kappa shape index (κ3) is 2.93. The first-order valence-corrected chi connectivity index (χ1v) is 6.11. The van der Waals surface area contributed by atoms with Crippen LogP contribution in [0.3, 0.4) is 0 Å². The predicted octanol–water partition coefficient (Wildman–Crippen LogP) is 1.67. The number of aromatic hydroxyl groups is 1. The van der Waals surface area contributed by atoms with Gasteiger partial charge >= 0.3 is 0 Å². The molecule has 1 heterocycles. The molecule has 0 saturated carbocycles. The fourth-order valence-electron chi connectivity index (χ4n) is 1.91. The minimum Gasteiger partial charge on any atom is -0.507 e. The van der Waals surface area contributed by atoms with Gasteiger partial charge in [-0.1, -0.05) is 12.1 Å². The van der Waals surface area contributed by atoms with Crippen LogP contribution < -0.4 is 0 Å². The van der Waals surface area contributed by atoms with Crippen molar-refractivity contribution in [1.29, 1.82) is 0 Å². The Bertz CT molecular complexity index is 544. The standard InChI is InChI=1S/C14H17N3O2/c1-11-5-3-6-12(18)13(11)14(19)16(2)9-10-17-8-4-7-15-17/h3-8,18H,9-10H2,1-2H3. The van der Waals surface area contributed by atoms with Crippen LogP contribution in [0.15, 0.2) is 36.7 Å². The molecule has 1 N–H and O–H groups in total. The number of hydrogen-bond donors (Lipinski definition) is 1. The fourth-order valence-corrected chi connectivity index (χ4v) is 1.91. The second-order valence-electron chi connectivity index (χ2n) is 4.46. The van der Waals surface area contributed by atoms with E-state index in [4.69, 9.17) is 0 Å². The average molecular weight is 259 g/mol. The molecule has 1 aromatic carbocycles. The number of likely N-dealkylation sites (N-methyl/N-ethyl adjacent to an activating group) is 1. The van der Waals surface area contributed by atoms with Crippen molar-refractivity contribution in [1.82, 2.24) is 14.7 Å². The monoisotopic (exact) mass is 259 g/mol. The fraction of sp³-hybridized carbons (Fsp3) is 0.286. The second-order valence-corrected chi connectivity index (χ2v) is 4.46. The summed E-state index contributed by atoms with van der Waals surface area (Å²) >= 11 is 0. The first-order chi connectivity index (χ1) is 9.09. The summed E-state index contributed by atoms with van der Waals surface area (Å²) in [4.78, 5) is 13.9. The van der Waals surface area contributed by atoms with E-state index >= 15 is 0 Å². The summed E-state index contributed by atoms with van der Waals surface area (Å²) in [6.07, 6.45) is 3.55. The molecule has 0 aliphatic heterocycles. The first kappa shape index (κ1) is 13.1. The Kier molecular flexibility index (Phi) is 3.85. The maximum atomic E-state index is 12.3. The van der Waals surface area contributed by atoms with E-state index in [-0.39, 0.29) is 11.7 Å². The SMILES string of the molecule is Cc1cccc(O)c1C(=O)N(C)CCn1cccn1. The van der Waals surface area contributed by atoms with Crippen molar-refractivity contribution in [2.75, 3.05) is 13.6 Å². The maximum Gasteiger partial charge on any atom is 0.257 e. The number of nitrogens with zero attached hydrogens (tertiary/aromatic N) is 3.